The first-order valence-corrected chi connectivity index (χ1v) is 8.99. The van der Waals surface area contributed by atoms with Crippen molar-refractivity contribution in [3.63, 3.8) is 0 Å². The van der Waals surface area contributed by atoms with Gasteiger partial charge in [-0.25, -0.2) is 0 Å². The van der Waals surface area contributed by atoms with Crippen LogP contribution in [0.15, 0.2) is 18.2 Å². The number of rotatable bonds is 7. The van der Waals surface area contributed by atoms with Crippen molar-refractivity contribution in [1.29, 1.82) is 0 Å². The summed E-state index contributed by atoms with van der Waals surface area (Å²) in [7, 11) is 1.72. The Labute approximate surface area is 140 Å². The zero-order valence-electron chi connectivity index (χ0n) is 14.6. The molecule has 0 aromatic heterocycles. The SMILES string of the molecule is COCCOCC1CC2CC1CC2c1ccc(O)c(C(C)C)c1. The van der Waals surface area contributed by atoms with E-state index in [1.165, 1.54) is 24.8 Å². The van der Waals surface area contributed by atoms with Crippen molar-refractivity contribution < 1.29 is 14.6 Å². The summed E-state index contributed by atoms with van der Waals surface area (Å²) in [6.07, 6.45) is 3.92. The van der Waals surface area contributed by atoms with Crippen LogP contribution in [0, 0.1) is 17.8 Å². The van der Waals surface area contributed by atoms with Crippen LogP contribution in [0.2, 0.25) is 0 Å². The Morgan fingerprint density at radius 2 is 1.96 bits per heavy atom. The second kappa shape index (κ2) is 7.23. The van der Waals surface area contributed by atoms with Crippen molar-refractivity contribution in [3.8, 4) is 5.75 Å². The second-order valence-corrected chi connectivity index (χ2v) is 7.63. The Morgan fingerprint density at radius 1 is 1.13 bits per heavy atom. The normalized spacial score (nSPS) is 29.6. The van der Waals surface area contributed by atoms with E-state index in [1.54, 1.807) is 7.11 Å². The van der Waals surface area contributed by atoms with E-state index < -0.39 is 0 Å². The van der Waals surface area contributed by atoms with Crippen molar-refractivity contribution >= 4 is 0 Å². The third-order valence-electron chi connectivity index (χ3n) is 5.87. The predicted molar refractivity (Wildman–Crippen MR) is 92.0 cm³/mol. The number of ether oxygens (including phenoxy) is 2. The lowest BCUT2D eigenvalue weighted by atomic mass is 9.78. The number of phenols is 1. The predicted octanol–water partition coefficient (Wildman–Crippen LogP) is 4.31. The Balaban J connectivity index is 1.60. The first kappa shape index (κ1) is 16.8. The molecule has 4 atom stereocenters. The topological polar surface area (TPSA) is 38.7 Å². The van der Waals surface area contributed by atoms with Gasteiger partial charge in [0.25, 0.3) is 0 Å². The van der Waals surface area contributed by atoms with Gasteiger partial charge >= 0.3 is 0 Å². The monoisotopic (exact) mass is 318 g/mol. The minimum absolute atomic E-state index is 0.371. The van der Waals surface area contributed by atoms with Gasteiger partial charge in [0.15, 0.2) is 0 Å². The van der Waals surface area contributed by atoms with Crippen LogP contribution in [0.25, 0.3) is 0 Å². The van der Waals surface area contributed by atoms with Crippen molar-refractivity contribution in [3.05, 3.63) is 29.3 Å². The zero-order chi connectivity index (χ0) is 16.4. The van der Waals surface area contributed by atoms with E-state index in [2.05, 4.69) is 26.0 Å². The maximum Gasteiger partial charge on any atom is 0.119 e. The van der Waals surface area contributed by atoms with Crippen LogP contribution < -0.4 is 0 Å². The average Bonchev–Trinajstić information content (AvgIpc) is 3.12. The molecule has 2 saturated carbocycles. The van der Waals surface area contributed by atoms with E-state index in [1.807, 2.05) is 6.07 Å². The first-order valence-electron chi connectivity index (χ1n) is 8.99. The maximum absolute atomic E-state index is 10.0. The highest BCUT2D eigenvalue weighted by atomic mass is 16.5. The van der Waals surface area contributed by atoms with E-state index in [0.717, 1.165) is 29.9 Å². The molecule has 128 valence electrons. The molecule has 4 unspecified atom stereocenters. The van der Waals surface area contributed by atoms with E-state index >= 15 is 0 Å². The number of fused-ring (bicyclic) bond motifs is 2. The molecule has 2 fully saturated rings. The van der Waals surface area contributed by atoms with Crippen LogP contribution in [-0.2, 0) is 9.47 Å². The molecular weight excluding hydrogens is 288 g/mol. The number of phenolic OH excluding ortho intramolecular Hbond substituents is 1. The molecule has 2 aliphatic rings. The first-order chi connectivity index (χ1) is 11.1. The highest BCUT2D eigenvalue weighted by Crippen LogP contribution is 2.56. The largest absolute Gasteiger partial charge is 0.508 e. The number of hydrogen-bond acceptors (Lipinski definition) is 3. The van der Waals surface area contributed by atoms with Crippen LogP contribution in [0.1, 0.15) is 56.1 Å². The van der Waals surface area contributed by atoms with Gasteiger partial charge in [-0.3, -0.25) is 0 Å². The van der Waals surface area contributed by atoms with Crippen LogP contribution in [0.4, 0.5) is 0 Å². The molecule has 3 rings (SSSR count). The Morgan fingerprint density at radius 3 is 2.61 bits per heavy atom. The molecule has 3 heteroatoms. The second-order valence-electron chi connectivity index (χ2n) is 7.63. The summed E-state index contributed by atoms with van der Waals surface area (Å²) in [5.74, 6) is 3.82. The van der Waals surface area contributed by atoms with Gasteiger partial charge in [-0.1, -0.05) is 26.0 Å². The van der Waals surface area contributed by atoms with E-state index in [9.17, 15) is 5.11 Å². The van der Waals surface area contributed by atoms with Gasteiger partial charge in [0.05, 0.1) is 13.2 Å². The van der Waals surface area contributed by atoms with Gasteiger partial charge in [-0.2, -0.15) is 0 Å². The van der Waals surface area contributed by atoms with E-state index in [4.69, 9.17) is 9.47 Å². The zero-order valence-corrected chi connectivity index (χ0v) is 14.6. The van der Waals surface area contributed by atoms with Crippen molar-refractivity contribution in [2.45, 2.75) is 44.9 Å². The van der Waals surface area contributed by atoms with Gasteiger partial charge in [0.1, 0.15) is 5.75 Å². The lowest BCUT2D eigenvalue weighted by Gasteiger charge is -2.28. The standard InChI is InChI=1S/C20H30O3/c1-13(2)18-10-14(4-5-20(18)21)19-11-15-8-16(19)9-17(15)12-23-7-6-22-3/h4-5,10,13,15-17,19,21H,6-9,11-12H2,1-3H3. The maximum atomic E-state index is 10.0. The highest BCUT2D eigenvalue weighted by Gasteiger charge is 2.46. The highest BCUT2D eigenvalue weighted by molar-refractivity contribution is 5.40. The van der Waals surface area contributed by atoms with E-state index in [0.29, 0.717) is 30.8 Å². The van der Waals surface area contributed by atoms with Crippen LogP contribution in [0.5, 0.6) is 5.75 Å². The quantitative estimate of drug-likeness (QED) is 0.761. The molecule has 0 heterocycles. The third-order valence-corrected chi connectivity index (χ3v) is 5.87. The molecule has 1 N–H and O–H groups in total. The summed E-state index contributed by atoms with van der Waals surface area (Å²) in [6, 6.07) is 6.27. The molecule has 1 aromatic carbocycles. The van der Waals surface area contributed by atoms with Gasteiger partial charge in [-0.15, -0.1) is 0 Å². The number of aromatic hydroxyl groups is 1. The number of benzene rings is 1. The fraction of sp³-hybridized carbons (Fsp3) is 0.700. The van der Waals surface area contributed by atoms with Gasteiger partial charge < -0.3 is 14.6 Å². The summed E-state index contributed by atoms with van der Waals surface area (Å²) in [4.78, 5) is 0. The molecule has 0 aliphatic heterocycles. The van der Waals surface area contributed by atoms with Crippen molar-refractivity contribution in [1.82, 2.24) is 0 Å². The molecule has 0 radical (unpaired) electrons. The summed E-state index contributed by atoms with van der Waals surface area (Å²) in [6.45, 7) is 6.59. The van der Waals surface area contributed by atoms with Gasteiger partial charge in [0.2, 0.25) is 0 Å². The molecule has 2 aliphatic carbocycles. The fourth-order valence-electron chi connectivity index (χ4n) is 4.65. The number of methoxy groups -OCH3 is 1. The van der Waals surface area contributed by atoms with Gasteiger partial charge in [0, 0.05) is 13.7 Å². The molecule has 0 amide bonds. The Kier molecular flexibility index (Phi) is 5.27. The summed E-state index contributed by atoms with van der Waals surface area (Å²) < 4.78 is 10.8. The summed E-state index contributed by atoms with van der Waals surface area (Å²) >= 11 is 0. The lowest BCUT2D eigenvalue weighted by Crippen LogP contribution is -2.21. The Bertz CT molecular complexity index is 526. The molecule has 0 spiro atoms. The van der Waals surface area contributed by atoms with E-state index in [-0.39, 0.29) is 0 Å². The molecule has 2 bridgehead atoms. The number of hydrogen-bond donors (Lipinski definition) is 1. The van der Waals surface area contributed by atoms with Gasteiger partial charge in [-0.05, 0) is 66.0 Å². The van der Waals surface area contributed by atoms with Crippen LogP contribution in [-0.4, -0.2) is 32.0 Å². The Hall–Kier alpha value is -1.06. The minimum Gasteiger partial charge on any atom is -0.508 e. The molecule has 0 saturated heterocycles. The van der Waals surface area contributed by atoms with Crippen molar-refractivity contribution in [2.24, 2.45) is 17.8 Å². The fourth-order valence-corrected chi connectivity index (χ4v) is 4.65. The van der Waals surface area contributed by atoms with Crippen LogP contribution >= 0.6 is 0 Å². The molecule has 1 aromatic rings. The molecule has 23 heavy (non-hydrogen) atoms. The minimum atomic E-state index is 0.371. The lowest BCUT2D eigenvalue weighted by molar-refractivity contribution is 0.0385. The molecule has 3 nitrogen and oxygen atoms in total. The molecular formula is C20H30O3. The van der Waals surface area contributed by atoms with Crippen molar-refractivity contribution in [2.75, 3.05) is 26.9 Å². The van der Waals surface area contributed by atoms with Crippen LogP contribution in [0.3, 0.4) is 0 Å². The third kappa shape index (κ3) is 3.56. The summed E-state index contributed by atoms with van der Waals surface area (Å²) in [5, 5.41) is 10.0. The summed E-state index contributed by atoms with van der Waals surface area (Å²) in [5.41, 5.74) is 2.52. The average molecular weight is 318 g/mol. The smallest absolute Gasteiger partial charge is 0.119 e.